The van der Waals surface area contributed by atoms with E-state index in [-0.39, 0.29) is 6.61 Å². The van der Waals surface area contributed by atoms with Crippen LogP contribution in [0.1, 0.15) is 67.5 Å². The van der Waals surface area contributed by atoms with E-state index in [9.17, 15) is 5.11 Å². The molecule has 27 heavy (non-hydrogen) atoms. The van der Waals surface area contributed by atoms with Gasteiger partial charge in [-0.1, -0.05) is 64.1 Å². The average Bonchev–Trinajstić information content (AvgIpc) is 2.71. The second-order valence-corrected chi connectivity index (χ2v) is 7.41. The minimum absolute atomic E-state index is 0.250. The monoisotopic (exact) mass is 367 g/mol. The fraction of sp³-hybridized carbons (Fsp3) is 0.520. The first-order valence-electron chi connectivity index (χ1n) is 10.7. The van der Waals surface area contributed by atoms with Gasteiger partial charge in [-0.2, -0.15) is 0 Å². The van der Waals surface area contributed by atoms with Gasteiger partial charge in [-0.05, 0) is 65.5 Å². The molecule has 2 aromatic rings. The van der Waals surface area contributed by atoms with Gasteiger partial charge in [-0.25, -0.2) is 0 Å². The Balaban J connectivity index is 2.18. The van der Waals surface area contributed by atoms with Crippen LogP contribution in [0.15, 0.2) is 36.4 Å². The molecule has 0 saturated heterocycles. The number of aliphatic hydroxyl groups is 1. The maximum Gasteiger partial charge on any atom is 0.0443 e. The Morgan fingerprint density at radius 2 is 1.11 bits per heavy atom. The lowest BCUT2D eigenvalue weighted by molar-refractivity contribution is 0.212. The Hall–Kier alpha value is -1.64. The molecule has 0 radical (unpaired) electrons. The van der Waals surface area contributed by atoms with E-state index >= 15 is 0 Å². The first kappa shape index (κ1) is 21.7. The molecule has 148 valence electrons. The van der Waals surface area contributed by atoms with Crippen molar-refractivity contribution < 1.29 is 5.11 Å². The maximum atomic E-state index is 9.32. The molecule has 0 aromatic heterocycles. The highest BCUT2D eigenvalue weighted by Gasteiger charge is 2.10. The SMILES string of the molecule is CCc1ccc(CN(CCCO)Cc2ccc(CC)c(CC)c2)cc1CC. The van der Waals surface area contributed by atoms with Crippen molar-refractivity contribution in [3.8, 4) is 0 Å². The minimum Gasteiger partial charge on any atom is -0.396 e. The van der Waals surface area contributed by atoms with Gasteiger partial charge < -0.3 is 5.11 Å². The lowest BCUT2D eigenvalue weighted by atomic mass is 9.99. The molecule has 0 aliphatic carbocycles. The third-order valence-corrected chi connectivity index (χ3v) is 5.51. The average molecular weight is 368 g/mol. The highest BCUT2D eigenvalue weighted by molar-refractivity contribution is 5.33. The molecule has 0 heterocycles. The second kappa shape index (κ2) is 11.3. The Kier molecular flexibility index (Phi) is 9.03. The lowest BCUT2D eigenvalue weighted by Crippen LogP contribution is -2.25. The number of benzene rings is 2. The van der Waals surface area contributed by atoms with Crippen molar-refractivity contribution in [3.63, 3.8) is 0 Å². The number of rotatable bonds is 11. The van der Waals surface area contributed by atoms with Crippen molar-refractivity contribution in [1.29, 1.82) is 0 Å². The van der Waals surface area contributed by atoms with E-state index < -0.39 is 0 Å². The van der Waals surface area contributed by atoms with E-state index in [0.29, 0.717) is 0 Å². The molecular formula is C25H37NO. The van der Waals surface area contributed by atoms with Crippen molar-refractivity contribution in [2.75, 3.05) is 13.2 Å². The van der Waals surface area contributed by atoms with Crippen LogP contribution >= 0.6 is 0 Å². The van der Waals surface area contributed by atoms with Crippen molar-refractivity contribution in [2.45, 2.75) is 72.9 Å². The van der Waals surface area contributed by atoms with Crippen LogP contribution in [-0.2, 0) is 38.8 Å². The van der Waals surface area contributed by atoms with Gasteiger partial charge in [0.05, 0.1) is 0 Å². The predicted molar refractivity (Wildman–Crippen MR) is 116 cm³/mol. The molecule has 0 fully saturated rings. The molecule has 2 rings (SSSR count). The van der Waals surface area contributed by atoms with E-state index in [2.05, 4.69) is 69.0 Å². The molecule has 2 heteroatoms. The molecule has 2 nitrogen and oxygen atoms in total. The summed E-state index contributed by atoms with van der Waals surface area (Å²) in [6, 6.07) is 13.9. The van der Waals surface area contributed by atoms with Gasteiger partial charge in [0.25, 0.3) is 0 Å². The van der Waals surface area contributed by atoms with Crippen LogP contribution in [0.25, 0.3) is 0 Å². The topological polar surface area (TPSA) is 23.5 Å². The molecule has 0 amide bonds. The second-order valence-electron chi connectivity index (χ2n) is 7.41. The van der Waals surface area contributed by atoms with Crippen LogP contribution < -0.4 is 0 Å². The maximum absolute atomic E-state index is 9.32. The zero-order chi connectivity index (χ0) is 19.6. The van der Waals surface area contributed by atoms with Crippen LogP contribution in [0.2, 0.25) is 0 Å². The highest BCUT2D eigenvalue weighted by Crippen LogP contribution is 2.19. The minimum atomic E-state index is 0.250. The van der Waals surface area contributed by atoms with E-state index in [4.69, 9.17) is 0 Å². The largest absolute Gasteiger partial charge is 0.396 e. The lowest BCUT2D eigenvalue weighted by Gasteiger charge is -2.23. The van der Waals surface area contributed by atoms with E-state index in [1.807, 2.05) is 0 Å². The van der Waals surface area contributed by atoms with Gasteiger partial charge in [-0.15, -0.1) is 0 Å². The molecule has 0 aliphatic heterocycles. The summed E-state index contributed by atoms with van der Waals surface area (Å²) in [6.07, 6.45) is 5.20. The van der Waals surface area contributed by atoms with Gasteiger partial charge in [0.15, 0.2) is 0 Å². The van der Waals surface area contributed by atoms with Crippen LogP contribution in [-0.4, -0.2) is 23.2 Å². The van der Waals surface area contributed by atoms with Crippen molar-refractivity contribution >= 4 is 0 Å². The van der Waals surface area contributed by atoms with Gasteiger partial charge >= 0.3 is 0 Å². The zero-order valence-electron chi connectivity index (χ0n) is 17.7. The molecule has 0 atom stereocenters. The number of aliphatic hydroxyl groups excluding tert-OH is 1. The summed E-state index contributed by atoms with van der Waals surface area (Å²) in [5.41, 5.74) is 8.62. The van der Waals surface area contributed by atoms with Crippen LogP contribution in [0.3, 0.4) is 0 Å². The smallest absolute Gasteiger partial charge is 0.0443 e. The fourth-order valence-corrected chi connectivity index (χ4v) is 3.93. The molecular weight excluding hydrogens is 330 g/mol. The first-order chi connectivity index (χ1) is 13.1. The number of nitrogens with zero attached hydrogens (tertiary/aromatic N) is 1. The van der Waals surface area contributed by atoms with Crippen molar-refractivity contribution in [1.82, 2.24) is 4.90 Å². The number of hydrogen-bond donors (Lipinski definition) is 1. The summed E-state index contributed by atoms with van der Waals surface area (Å²) < 4.78 is 0. The third kappa shape index (κ3) is 6.19. The fourth-order valence-electron chi connectivity index (χ4n) is 3.93. The molecule has 2 aromatic carbocycles. The van der Waals surface area contributed by atoms with Gasteiger partial charge in [0.1, 0.15) is 0 Å². The zero-order valence-corrected chi connectivity index (χ0v) is 17.7. The first-order valence-corrected chi connectivity index (χ1v) is 10.7. The van der Waals surface area contributed by atoms with Crippen LogP contribution in [0.5, 0.6) is 0 Å². The van der Waals surface area contributed by atoms with Crippen molar-refractivity contribution in [3.05, 3.63) is 69.8 Å². The standard InChI is InChI=1S/C25H37NO/c1-5-22-12-10-20(16-24(22)7-3)18-26(14-9-15-27)19-21-11-13-23(6-2)25(8-4)17-21/h10-13,16-17,27H,5-9,14-15,18-19H2,1-4H3. The highest BCUT2D eigenvalue weighted by atomic mass is 16.3. The summed E-state index contributed by atoms with van der Waals surface area (Å²) in [7, 11) is 0. The van der Waals surface area contributed by atoms with Gasteiger partial charge in [0.2, 0.25) is 0 Å². The Morgan fingerprint density at radius 3 is 1.48 bits per heavy atom. The molecule has 0 aliphatic rings. The molecule has 0 spiro atoms. The van der Waals surface area contributed by atoms with E-state index in [0.717, 1.165) is 51.7 Å². The van der Waals surface area contributed by atoms with E-state index in [1.54, 1.807) is 0 Å². The Morgan fingerprint density at radius 1 is 0.667 bits per heavy atom. The number of aryl methyl sites for hydroxylation is 4. The Labute approximate surface area is 166 Å². The predicted octanol–water partition coefficient (Wildman–Crippen LogP) is 5.32. The van der Waals surface area contributed by atoms with Gasteiger partial charge in [-0.3, -0.25) is 4.90 Å². The van der Waals surface area contributed by atoms with Gasteiger partial charge in [0, 0.05) is 26.2 Å². The Bertz CT molecular complexity index is 650. The summed E-state index contributed by atoms with van der Waals surface area (Å²) in [5.74, 6) is 0. The molecule has 0 bridgehead atoms. The van der Waals surface area contributed by atoms with E-state index in [1.165, 1.54) is 33.4 Å². The summed E-state index contributed by atoms with van der Waals surface area (Å²) >= 11 is 0. The summed E-state index contributed by atoms with van der Waals surface area (Å²) in [4.78, 5) is 2.47. The third-order valence-electron chi connectivity index (χ3n) is 5.51. The molecule has 1 N–H and O–H groups in total. The van der Waals surface area contributed by atoms with Crippen LogP contribution in [0, 0.1) is 0 Å². The molecule has 0 unspecified atom stereocenters. The number of hydrogen-bond acceptors (Lipinski definition) is 2. The summed E-state index contributed by atoms with van der Waals surface area (Å²) in [5, 5.41) is 9.32. The molecule has 0 saturated carbocycles. The summed E-state index contributed by atoms with van der Waals surface area (Å²) in [6.45, 7) is 12.0. The quantitative estimate of drug-likeness (QED) is 0.581. The van der Waals surface area contributed by atoms with Crippen LogP contribution in [0.4, 0.5) is 0 Å². The normalized spacial score (nSPS) is 11.3. The van der Waals surface area contributed by atoms with Crippen molar-refractivity contribution in [2.24, 2.45) is 0 Å².